The molecule has 2 amide bonds. The van der Waals surface area contributed by atoms with E-state index in [2.05, 4.69) is 25.5 Å². The Morgan fingerprint density at radius 1 is 1.00 bits per heavy atom. The average Bonchev–Trinajstić information content (AvgIpc) is 3.45. The van der Waals surface area contributed by atoms with E-state index in [1.54, 1.807) is 38.8 Å². The van der Waals surface area contributed by atoms with Crippen molar-refractivity contribution in [3.8, 4) is 5.75 Å². The molecule has 298 valence electrons. The second-order valence-electron chi connectivity index (χ2n) is 14.7. The summed E-state index contributed by atoms with van der Waals surface area (Å²) in [6.07, 6.45) is -0.0706. The molecule has 1 aliphatic carbocycles. The zero-order chi connectivity index (χ0) is 39.9. The molecule has 2 fully saturated rings. The quantitative estimate of drug-likeness (QED) is 0.149. The van der Waals surface area contributed by atoms with Crippen LogP contribution in [0.4, 0.5) is 36.3 Å². The van der Waals surface area contributed by atoms with Crippen molar-refractivity contribution in [3.05, 3.63) is 64.3 Å². The molecule has 55 heavy (non-hydrogen) atoms. The molecular weight excluding hydrogens is 738 g/mol. The lowest BCUT2D eigenvalue weighted by Crippen LogP contribution is -2.52. The van der Waals surface area contributed by atoms with Crippen molar-refractivity contribution in [2.75, 3.05) is 51.0 Å². The Bertz CT molecular complexity index is 1970. The number of hydrogen-bond acceptors (Lipinski definition) is 9. The fraction of sp³-hybridized carbons (Fsp3) is 0.526. The molecule has 1 saturated heterocycles. The van der Waals surface area contributed by atoms with Crippen LogP contribution in [0.2, 0.25) is 0 Å². The topological polar surface area (TPSA) is 160 Å². The van der Waals surface area contributed by atoms with E-state index >= 15 is 0 Å². The number of halogens is 3. The number of carbonyl (C=O) groups excluding carboxylic acids is 2. The third-order valence-corrected chi connectivity index (χ3v) is 13.8. The van der Waals surface area contributed by atoms with E-state index in [-0.39, 0.29) is 53.6 Å². The van der Waals surface area contributed by atoms with E-state index < -0.39 is 30.3 Å². The van der Waals surface area contributed by atoms with Crippen LogP contribution < -0.4 is 15.4 Å². The van der Waals surface area contributed by atoms with Crippen LogP contribution in [0.5, 0.6) is 5.75 Å². The van der Waals surface area contributed by atoms with Crippen molar-refractivity contribution in [2.24, 2.45) is 0 Å². The number of fused-ring (bicyclic) bond motifs is 1. The highest BCUT2D eigenvalue weighted by Crippen LogP contribution is 2.61. The van der Waals surface area contributed by atoms with Gasteiger partial charge >= 0.3 is 13.8 Å². The highest BCUT2D eigenvalue weighted by Gasteiger charge is 2.46. The van der Waals surface area contributed by atoms with Gasteiger partial charge in [0.25, 0.3) is 5.91 Å². The van der Waals surface area contributed by atoms with E-state index in [1.807, 2.05) is 11.0 Å². The van der Waals surface area contributed by atoms with Crippen molar-refractivity contribution in [1.29, 1.82) is 0 Å². The Morgan fingerprint density at radius 3 is 2.24 bits per heavy atom. The van der Waals surface area contributed by atoms with E-state index in [4.69, 9.17) is 4.74 Å². The predicted octanol–water partition coefficient (Wildman–Crippen LogP) is 6.96. The minimum absolute atomic E-state index is 0.0995. The lowest BCUT2D eigenvalue weighted by molar-refractivity contribution is -0.137. The van der Waals surface area contributed by atoms with Crippen LogP contribution >= 0.6 is 7.60 Å². The SMILES string of the molecule is CCC(CC)(c1ccc(Nc2ncc(C(F)(F)F)c(Nc3ccc([C@H]4CC[C@H](N5CCN(C(C)=O)CC5)CC4)c4c3C(=O)N(C)C4)n2)c(OC)c1)P(=O)(O)O. The molecule has 3 heterocycles. The molecule has 0 spiro atoms. The van der Waals surface area contributed by atoms with Crippen molar-refractivity contribution < 1.29 is 41.8 Å². The smallest absolute Gasteiger partial charge is 0.421 e. The molecule has 0 radical (unpaired) electrons. The van der Waals surface area contributed by atoms with E-state index in [0.29, 0.717) is 29.9 Å². The fourth-order valence-corrected chi connectivity index (χ4v) is 9.83. The van der Waals surface area contributed by atoms with Gasteiger partial charge in [0.2, 0.25) is 11.9 Å². The maximum Gasteiger partial charge on any atom is 0.421 e. The van der Waals surface area contributed by atoms with Gasteiger partial charge in [-0.1, -0.05) is 26.0 Å². The summed E-state index contributed by atoms with van der Waals surface area (Å²) in [6, 6.07) is 8.53. The van der Waals surface area contributed by atoms with Gasteiger partial charge in [-0.3, -0.25) is 19.1 Å². The standard InChI is InChI=1S/C38H49F3N7O6P/c1-6-37(7-2,55(51,52)53)25-10-14-30(32(20-25)54-5)44-36-42-21-29(38(39,40)41)34(45-36)43-31-15-13-27(28-22-46(4)35(50)33(28)31)24-8-11-26(12-9-24)48-18-16-47(17-19-48)23(3)49/h10,13-15,20-21,24,26H,6-9,11-12,16-19,22H2,1-5H3,(H2,51,52,53)(H2,42,43,44,45)/t24-,26-. The maximum absolute atomic E-state index is 14.4. The lowest BCUT2D eigenvalue weighted by Gasteiger charge is -2.42. The van der Waals surface area contributed by atoms with Crippen molar-refractivity contribution >= 4 is 42.6 Å². The first kappa shape index (κ1) is 40.4. The highest BCUT2D eigenvalue weighted by atomic mass is 31.2. The lowest BCUT2D eigenvalue weighted by atomic mass is 9.78. The number of nitrogens with one attached hydrogen (secondary N) is 2. The molecule has 17 heteroatoms. The molecule has 0 bridgehead atoms. The number of hydrogen-bond donors (Lipinski definition) is 4. The summed E-state index contributed by atoms with van der Waals surface area (Å²) in [7, 11) is -1.56. The molecule has 3 aromatic rings. The number of benzene rings is 2. The first-order valence-electron chi connectivity index (χ1n) is 18.6. The third-order valence-electron chi connectivity index (χ3n) is 11.8. The van der Waals surface area contributed by atoms with Crippen molar-refractivity contribution in [1.82, 2.24) is 24.7 Å². The molecule has 13 nitrogen and oxygen atoms in total. The van der Waals surface area contributed by atoms with Gasteiger partial charge < -0.3 is 35.0 Å². The Kier molecular flexibility index (Phi) is 11.6. The highest BCUT2D eigenvalue weighted by molar-refractivity contribution is 7.53. The Morgan fingerprint density at radius 2 is 1.65 bits per heavy atom. The minimum Gasteiger partial charge on any atom is -0.495 e. The van der Waals surface area contributed by atoms with Gasteiger partial charge in [-0.05, 0) is 79.3 Å². The summed E-state index contributed by atoms with van der Waals surface area (Å²) >= 11 is 0. The van der Waals surface area contributed by atoms with E-state index in [9.17, 15) is 37.1 Å². The maximum atomic E-state index is 14.4. The van der Waals surface area contributed by atoms with Crippen LogP contribution in [0, 0.1) is 0 Å². The molecule has 3 aliphatic rings. The van der Waals surface area contributed by atoms with Gasteiger partial charge in [0.15, 0.2) is 0 Å². The second-order valence-corrected chi connectivity index (χ2v) is 16.6. The number of piperazine rings is 1. The zero-order valence-corrected chi connectivity index (χ0v) is 32.6. The second kappa shape index (κ2) is 15.7. The van der Waals surface area contributed by atoms with Crippen molar-refractivity contribution in [3.63, 3.8) is 0 Å². The molecule has 4 N–H and O–H groups in total. The number of methoxy groups -OCH3 is 1. The molecule has 0 unspecified atom stereocenters. The summed E-state index contributed by atoms with van der Waals surface area (Å²) in [5.74, 6) is -0.581. The van der Waals surface area contributed by atoms with Crippen molar-refractivity contribution in [2.45, 2.75) is 89.1 Å². The molecule has 0 atom stereocenters. The fourth-order valence-electron chi connectivity index (χ4n) is 8.53. The number of rotatable bonds is 11. The first-order valence-corrected chi connectivity index (χ1v) is 20.3. The minimum atomic E-state index is -4.83. The summed E-state index contributed by atoms with van der Waals surface area (Å²) in [5, 5.41) is 4.27. The van der Waals surface area contributed by atoms with E-state index in [0.717, 1.165) is 63.0 Å². The Balaban J connectivity index is 1.26. The average molecular weight is 788 g/mol. The van der Waals surface area contributed by atoms with E-state index in [1.165, 1.54) is 25.3 Å². The van der Waals surface area contributed by atoms with Crippen LogP contribution in [0.15, 0.2) is 36.5 Å². The summed E-state index contributed by atoms with van der Waals surface area (Å²) in [4.78, 5) is 59.9. The number of alkyl halides is 3. The number of aromatic nitrogens is 2. The molecule has 1 saturated carbocycles. The molecule has 6 rings (SSSR count). The monoisotopic (exact) mass is 787 g/mol. The third kappa shape index (κ3) is 7.91. The largest absolute Gasteiger partial charge is 0.495 e. The predicted molar refractivity (Wildman–Crippen MR) is 202 cm³/mol. The molecule has 2 aliphatic heterocycles. The normalized spacial score (nSPS) is 19.7. The molecule has 2 aromatic carbocycles. The van der Waals surface area contributed by atoms with Gasteiger partial charge in [0.1, 0.15) is 17.1 Å². The summed E-state index contributed by atoms with van der Waals surface area (Å²) in [5.41, 5.74) is 1.84. The summed E-state index contributed by atoms with van der Waals surface area (Å²) < 4.78 is 61.2. The molecular formula is C38H49F3N7O6P. The number of nitrogens with zero attached hydrogens (tertiary/aromatic N) is 5. The zero-order valence-electron chi connectivity index (χ0n) is 31.7. The van der Waals surface area contributed by atoms with Gasteiger partial charge in [-0.15, -0.1) is 0 Å². The first-order chi connectivity index (χ1) is 26.0. The van der Waals surface area contributed by atoms with Gasteiger partial charge in [-0.25, -0.2) is 4.98 Å². The number of ether oxygens (including phenoxy) is 1. The number of amides is 2. The van der Waals surface area contributed by atoms with Gasteiger partial charge in [0.05, 0.1) is 29.2 Å². The number of carbonyl (C=O) groups is 2. The van der Waals surface area contributed by atoms with Gasteiger partial charge in [-0.2, -0.15) is 18.2 Å². The van der Waals surface area contributed by atoms with Crippen LogP contribution in [0.25, 0.3) is 0 Å². The number of anilines is 4. The Hall–Kier alpha value is -4.24. The van der Waals surface area contributed by atoms with Crippen LogP contribution in [-0.2, 0) is 27.2 Å². The van der Waals surface area contributed by atoms with Crippen LogP contribution in [0.1, 0.15) is 97.8 Å². The Labute approximate surface area is 318 Å². The molecule has 1 aromatic heterocycles. The summed E-state index contributed by atoms with van der Waals surface area (Å²) in [6.45, 7) is 8.47. The van der Waals surface area contributed by atoms with Crippen LogP contribution in [0.3, 0.4) is 0 Å². The van der Waals surface area contributed by atoms with Crippen LogP contribution in [-0.4, -0.2) is 92.6 Å². The van der Waals surface area contributed by atoms with Gasteiger partial charge in [0, 0.05) is 58.9 Å².